The topological polar surface area (TPSA) is 104 Å². The number of ether oxygens (including phenoxy) is 1. The number of hydrogen-bond donors (Lipinski definition) is 1. The van der Waals surface area contributed by atoms with Crippen LogP contribution < -0.4 is 5.32 Å². The summed E-state index contributed by atoms with van der Waals surface area (Å²) in [7, 11) is 0. The Morgan fingerprint density at radius 2 is 2.00 bits per heavy atom. The summed E-state index contributed by atoms with van der Waals surface area (Å²) in [4.78, 5) is 21.2. The standard InChI is InChI=1S/C28H27F3N8O2/c1-2-41-27(40)25-6-21(29)14-39(25)23-5-20(11-33-12-23)24-17-38(36-35-24)16-22-15-37-13-18(3-4-26(37)34-22)9-32-10-19-7-28(30,31)8-19/h3-6,11-15,17,19,32H,2,7-10,16H2,1H3. The molecule has 13 heteroatoms. The number of aromatic nitrogens is 7. The Morgan fingerprint density at radius 1 is 1.15 bits per heavy atom. The first kappa shape index (κ1) is 26.7. The van der Waals surface area contributed by atoms with Gasteiger partial charge in [0.15, 0.2) is 0 Å². The summed E-state index contributed by atoms with van der Waals surface area (Å²) < 4.78 is 50.1. The Bertz CT molecular complexity index is 1700. The number of carbonyl (C=O) groups is 1. The highest BCUT2D eigenvalue weighted by molar-refractivity contribution is 5.88. The van der Waals surface area contributed by atoms with Crippen LogP contribution in [0.5, 0.6) is 0 Å². The van der Waals surface area contributed by atoms with Gasteiger partial charge in [-0.1, -0.05) is 11.3 Å². The third kappa shape index (κ3) is 5.85. The molecular formula is C28H27F3N8O2. The summed E-state index contributed by atoms with van der Waals surface area (Å²) in [6.07, 6.45) is 9.87. The minimum Gasteiger partial charge on any atom is -0.461 e. The molecule has 41 heavy (non-hydrogen) atoms. The maximum atomic E-state index is 14.0. The van der Waals surface area contributed by atoms with Crippen molar-refractivity contribution in [2.45, 2.75) is 38.8 Å². The Kier molecular flexibility index (Phi) is 7.03. The number of pyridine rings is 2. The zero-order chi connectivity index (χ0) is 28.6. The molecule has 212 valence electrons. The van der Waals surface area contributed by atoms with Gasteiger partial charge in [-0.15, -0.1) is 5.10 Å². The monoisotopic (exact) mass is 564 g/mol. The lowest BCUT2D eigenvalue weighted by Gasteiger charge is -2.35. The van der Waals surface area contributed by atoms with E-state index < -0.39 is 17.7 Å². The molecule has 0 bridgehead atoms. The van der Waals surface area contributed by atoms with Gasteiger partial charge in [-0.05, 0) is 37.1 Å². The Labute approximate surface area is 232 Å². The van der Waals surface area contributed by atoms with Crippen molar-refractivity contribution >= 4 is 11.6 Å². The molecule has 0 spiro atoms. The molecule has 0 radical (unpaired) electrons. The van der Waals surface area contributed by atoms with Gasteiger partial charge in [0.2, 0.25) is 5.92 Å². The van der Waals surface area contributed by atoms with E-state index in [4.69, 9.17) is 4.74 Å². The van der Waals surface area contributed by atoms with Crippen LogP contribution in [0.4, 0.5) is 13.2 Å². The van der Waals surface area contributed by atoms with Crippen molar-refractivity contribution in [2.75, 3.05) is 13.2 Å². The SMILES string of the molecule is CCOC(=O)c1cc(F)cn1-c1cncc(-c2cn(Cc3cn4cc(CNCC5CC(F)(F)C5)ccc4n3)nn2)c1. The minimum absolute atomic E-state index is 0.0263. The molecule has 0 atom stereocenters. The first-order chi connectivity index (χ1) is 19.8. The van der Waals surface area contributed by atoms with E-state index >= 15 is 0 Å². The predicted octanol–water partition coefficient (Wildman–Crippen LogP) is 4.28. The van der Waals surface area contributed by atoms with Gasteiger partial charge in [0.05, 0.1) is 36.9 Å². The predicted molar refractivity (Wildman–Crippen MR) is 142 cm³/mol. The minimum atomic E-state index is -2.50. The highest BCUT2D eigenvalue weighted by Crippen LogP contribution is 2.41. The van der Waals surface area contributed by atoms with Crippen LogP contribution >= 0.6 is 0 Å². The van der Waals surface area contributed by atoms with Crippen LogP contribution in [-0.2, 0) is 17.8 Å². The van der Waals surface area contributed by atoms with Crippen molar-refractivity contribution in [1.29, 1.82) is 0 Å². The molecule has 0 unspecified atom stereocenters. The highest BCUT2D eigenvalue weighted by atomic mass is 19.3. The largest absolute Gasteiger partial charge is 0.461 e. The molecule has 5 aromatic rings. The van der Waals surface area contributed by atoms with Crippen molar-refractivity contribution in [3.63, 3.8) is 0 Å². The fourth-order valence-corrected chi connectivity index (χ4v) is 5.00. The molecule has 5 heterocycles. The Hall–Kier alpha value is -4.52. The van der Waals surface area contributed by atoms with Crippen molar-refractivity contribution in [2.24, 2.45) is 5.92 Å². The number of nitrogens with one attached hydrogen (secondary N) is 1. The van der Waals surface area contributed by atoms with Crippen molar-refractivity contribution in [3.8, 4) is 16.9 Å². The zero-order valence-electron chi connectivity index (χ0n) is 22.2. The molecule has 1 aliphatic rings. The average Bonchev–Trinajstić information content (AvgIpc) is 3.66. The smallest absolute Gasteiger partial charge is 0.355 e. The quantitative estimate of drug-likeness (QED) is 0.253. The molecule has 5 aromatic heterocycles. The molecule has 1 aliphatic carbocycles. The van der Waals surface area contributed by atoms with E-state index in [2.05, 4.69) is 25.6 Å². The van der Waals surface area contributed by atoms with Crippen LogP contribution in [0.1, 0.15) is 41.5 Å². The zero-order valence-corrected chi connectivity index (χ0v) is 22.2. The number of nitrogens with zero attached hydrogens (tertiary/aromatic N) is 7. The van der Waals surface area contributed by atoms with Gasteiger partial charge in [0, 0.05) is 55.8 Å². The average molecular weight is 565 g/mol. The van der Waals surface area contributed by atoms with Crippen LogP contribution in [0, 0.1) is 11.7 Å². The summed E-state index contributed by atoms with van der Waals surface area (Å²) in [5.74, 6) is -3.67. The van der Waals surface area contributed by atoms with Gasteiger partial charge in [-0.3, -0.25) is 4.98 Å². The van der Waals surface area contributed by atoms with Crippen molar-refractivity contribution in [3.05, 3.63) is 84.2 Å². The third-order valence-electron chi connectivity index (χ3n) is 6.93. The molecular weight excluding hydrogens is 537 g/mol. The lowest BCUT2D eigenvalue weighted by molar-refractivity contribution is -0.109. The highest BCUT2D eigenvalue weighted by Gasteiger charge is 2.44. The van der Waals surface area contributed by atoms with Gasteiger partial charge in [0.25, 0.3) is 0 Å². The third-order valence-corrected chi connectivity index (χ3v) is 6.93. The van der Waals surface area contributed by atoms with Crippen molar-refractivity contribution < 1.29 is 22.7 Å². The molecule has 0 aromatic carbocycles. The second-order valence-electron chi connectivity index (χ2n) is 10.2. The molecule has 1 fully saturated rings. The number of alkyl halides is 2. The molecule has 6 rings (SSSR count). The Balaban J connectivity index is 1.13. The number of carbonyl (C=O) groups excluding carboxylic acids is 1. The normalized spacial score (nSPS) is 14.8. The number of imidazole rings is 1. The maximum absolute atomic E-state index is 14.0. The van der Waals surface area contributed by atoms with E-state index in [-0.39, 0.29) is 31.1 Å². The van der Waals surface area contributed by atoms with E-state index in [1.54, 1.807) is 30.1 Å². The van der Waals surface area contributed by atoms with Crippen LogP contribution in [-0.4, -0.2) is 59.0 Å². The molecule has 0 saturated heterocycles. The summed E-state index contributed by atoms with van der Waals surface area (Å²) in [5, 5.41) is 11.7. The fourth-order valence-electron chi connectivity index (χ4n) is 5.00. The number of esters is 1. The van der Waals surface area contributed by atoms with E-state index in [9.17, 15) is 18.0 Å². The van der Waals surface area contributed by atoms with Crippen LogP contribution in [0.25, 0.3) is 22.6 Å². The maximum Gasteiger partial charge on any atom is 0.355 e. The summed E-state index contributed by atoms with van der Waals surface area (Å²) in [6, 6.07) is 6.73. The van der Waals surface area contributed by atoms with Crippen LogP contribution in [0.2, 0.25) is 0 Å². The Morgan fingerprint density at radius 3 is 2.80 bits per heavy atom. The van der Waals surface area contributed by atoms with E-state index in [0.29, 0.717) is 36.6 Å². The van der Waals surface area contributed by atoms with Gasteiger partial charge in [0.1, 0.15) is 22.9 Å². The summed E-state index contributed by atoms with van der Waals surface area (Å²) in [5.41, 5.74) is 4.28. The first-order valence-electron chi connectivity index (χ1n) is 13.2. The molecule has 10 nitrogen and oxygen atoms in total. The fraction of sp³-hybridized carbons (Fsp3) is 0.321. The second kappa shape index (κ2) is 10.8. The van der Waals surface area contributed by atoms with Crippen molar-refractivity contribution in [1.82, 2.24) is 39.2 Å². The number of hydrogen-bond acceptors (Lipinski definition) is 7. The molecule has 1 saturated carbocycles. The van der Waals surface area contributed by atoms with E-state index in [1.807, 2.05) is 28.9 Å². The molecule has 0 amide bonds. The van der Waals surface area contributed by atoms with E-state index in [0.717, 1.165) is 23.0 Å². The number of halogens is 3. The number of rotatable bonds is 10. The number of fused-ring (bicyclic) bond motifs is 1. The molecule has 0 aliphatic heterocycles. The second-order valence-corrected chi connectivity index (χ2v) is 10.2. The lowest BCUT2D eigenvalue weighted by atomic mass is 9.81. The van der Waals surface area contributed by atoms with Gasteiger partial charge in [-0.25, -0.2) is 27.6 Å². The summed E-state index contributed by atoms with van der Waals surface area (Å²) in [6.45, 7) is 3.39. The lowest BCUT2D eigenvalue weighted by Crippen LogP contribution is -2.40. The van der Waals surface area contributed by atoms with Crippen LogP contribution in [0.15, 0.2) is 61.4 Å². The van der Waals surface area contributed by atoms with Crippen LogP contribution in [0.3, 0.4) is 0 Å². The van der Waals surface area contributed by atoms with Gasteiger partial charge in [-0.2, -0.15) is 0 Å². The van der Waals surface area contributed by atoms with E-state index in [1.165, 1.54) is 17.0 Å². The van der Waals surface area contributed by atoms with Gasteiger partial charge < -0.3 is 19.0 Å². The van der Waals surface area contributed by atoms with Gasteiger partial charge >= 0.3 is 5.97 Å². The first-order valence-corrected chi connectivity index (χ1v) is 13.2. The molecule has 1 N–H and O–H groups in total. The summed E-state index contributed by atoms with van der Waals surface area (Å²) >= 11 is 0.